The average Bonchev–Trinajstić information content (AvgIpc) is 2.37. The summed E-state index contributed by atoms with van der Waals surface area (Å²) in [5.41, 5.74) is 0.752. The molecule has 1 aromatic heterocycles. The molecule has 0 saturated heterocycles. The molecule has 2 aromatic carbocycles. The van der Waals surface area contributed by atoms with Crippen molar-refractivity contribution >= 4 is 39.2 Å². The van der Waals surface area contributed by atoms with E-state index in [0.29, 0.717) is 0 Å². The van der Waals surface area contributed by atoms with Gasteiger partial charge in [-0.25, -0.2) is 9.78 Å². The van der Waals surface area contributed by atoms with Crippen LogP contribution in [0.2, 0.25) is 5.15 Å². The third-order valence-electron chi connectivity index (χ3n) is 2.89. The van der Waals surface area contributed by atoms with E-state index in [1.54, 1.807) is 6.07 Å². The number of aromatic carboxylic acids is 1. The van der Waals surface area contributed by atoms with E-state index >= 15 is 0 Å². The fraction of sp³-hybridized carbons (Fsp3) is 0. The molecule has 0 aliphatic rings. The lowest BCUT2D eigenvalue weighted by atomic mass is 10.1. The van der Waals surface area contributed by atoms with Gasteiger partial charge in [0.15, 0.2) is 0 Å². The molecule has 0 unspecified atom stereocenters. The Bertz CT molecular complexity index is 783. The van der Waals surface area contributed by atoms with Gasteiger partial charge >= 0.3 is 5.97 Å². The third kappa shape index (κ3) is 1.60. The van der Waals surface area contributed by atoms with Crippen LogP contribution in [0, 0.1) is 0 Å². The maximum absolute atomic E-state index is 11.0. The van der Waals surface area contributed by atoms with Crippen LogP contribution in [-0.2, 0) is 0 Å². The molecule has 0 spiro atoms. The highest BCUT2D eigenvalue weighted by Gasteiger charge is 2.12. The number of nitrogens with zero attached hydrogens (tertiary/aromatic N) is 1. The molecule has 3 nitrogen and oxygen atoms in total. The van der Waals surface area contributed by atoms with Crippen LogP contribution >= 0.6 is 11.6 Å². The molecule has 3 aromatic rings. The summed E-state index contributed by atoms with van der Waals surface area (Å²) in [5.74, 6) is -1.07. The van der Waals surface area contributed by atoms with E-state index < -0.39 is 5.97 Å². The number of benzene rings is 2. The topological polar surface area (TPSA) is 50.2 Å². The van der Waals surface area contributed by atoms with Crippen molar-refractivity contribution in [2.75, 3.05) is 0 Å². The molecule has 0 fully saturated rings. The molecule has 0 bridgehead atoms. The molecule has 1 heterocycles. The zero-order chi connectivity index (χ0) is 12.7. The lowest BCUT2D eigenvalue weighted by Gasteiger charge is -2.05. The number of carboxylic acids is 1. The summed E-state index contributed by atoms with van der Waals surface area (Å²) >= 11 is 5.91. The second-order valence-electron chi connectivity index (χ2n) is 3.99. The zero-order valence-electron chi connectivity index (χ0n) is 9.22. The number of fused-ring (bicyclic) bond motifs is 3. The van der Waals surface area contributed by atoms with Crippen LogP contribution in [0.5, 0.6) is 0 Å². The highest BCUT2D eigenvalue weighted by atomic mass is 35.5. The number of halogens is 1. The lowest BCUT2D eigenvalue weighted by molar-refractivity contribution is 0.0697. The third-order valence-corrected chi connectivity index (χ3v) is 3.18. The van der Waals surface area contributed by atoms with Gasteiger partial charge in [-0.15, -0.1) is 0 Å². The summed E-state index contributed by atoms with van der Waals surface area (Å²) in [6, 6.07) is 13.1. The minimum atomic E-state index is -1.07. The maximum Gasteiger partial charge on any atom is 0.338 e. The van der Waals surface area contributed by atoms with E-state index in [0.717, 1.165) is 21.7 Å². The van der Waals surface area contributed by atoms with Crippen LogP contribution in [0.15, 0.2) is 42.5 Å². The van der Waals surface area contributed by atoms with Crippen molar-refractivity contribution in [3.8, 4) is 0 Å². The molecule has 1 N–H and O–H groups in total. The SMILES string of the molecule is O=C(O)c1cc2ccc3ccccc3c2nc1Cl. The van der Waals surface area contributed by atoms with E-state index in [1.165, 1.54) is 0 Å². The number of hydrogen-bond acceptors (Lipinski definition) is 2. The van der Waals surface area contributed by atoms with Crippen LogP contribution in [0.1, 0.15) is 10.4 Å². The molecule has 3 rings (SSSR count). The fourth-order valence-electron chi connectivity index (χ4n) is 2.04. The predicted molar refractivity (Wildman–Crippen MR) is 71.2 cm³/mol. The van der Waals surface area contributed by atoms with Crippen LogP contribution < -0.4 is 0 Å². The summed E-state index contributed by atoms with van der Waals surface area (Å²) in [6.07, 6.45) is 0. The van der Waals surface area contributed by atoms with E-state index in [9.17, 15) is 4.79 Å². The molecule has 0 amide bonds. The first-order chi connectivity index (χ1) is 8.66. The van der Waals surface area contributed by atoms with Crippen molar-refractivity contribution in [2.45, 2.75) is 0 Å². The van der Waals surface area contributed by atoms with Crippen molar-refractivity contribution in [2.24, 2.45) is 0 Å². The first-order valence-electron chi connectivity index (χ1n) is 5.38. The summed E-state index contributed by atoms with van der Waals surface area (Å²) < 4.78 is 0. The fourth-order valence-corrected chi connectivity index (χ4v) is 2.26. The molecule has 0 atom stereocenters. The Balaban J connectivity index is 2.46. The Morgan fingerprint density at radius 1 is 1.11 bits per heavy atom. The Labute approximate surface area is 108 Å². The van der Waals surface area contributed by atoms with Gasteiger partial charge in [0.05, 0.1) is 11.1 Å². The first-order valence-corrected chi connectivity index (χ1v) is 5.76. The predicted octanol–water partition coefficient (Wildman–Crippen LogP) is 3.74. The summed E-state index contributed by atoms with van der Waals surface area (Å²) in [7, 11) is 0. The van der Waals surface area contributed by atoms with Gasteiger partial charge in [-0.05, 0) is 11.5 Å². The summed E-state index contributed by atoms with van der Waals surface area (Å²) in [6.45, 7) is 0. The van der Waals surface area contributed by atoms with Gasteiger partial charge in [0.25, 0.3) is 0 Å². The molecular formula is C14H8ClNO2. The molecule has 4 heteroatoms. The largest absolute Gasteiger partial charge is 0.478 e. The highest BCUT2D eigenvalue weighted by Crippen LogP contribution is 2.27. The van der Waals surface area contributed by atoms with Crippen molar-refractivity contribution in [3.05, 3.63) is 53.2 Å². The lowest BCUT2D eigenvalue weighted by Crippen LogP contribution is -1.99. The summed E-state index contributed by atoms with van der Waals surface area (Å²) in [4.78, 5) is 15.2. The molecular weight excluding hydrogens is 250 g/mol. The van der Waals surface area contributed by atoms with Crippen LogP contribution in [0.4, 0.5) is 0 Å². The van der Waals surface area contributed by atoms with Crippen LogP contribution in [0.25, 0.3) is 21.7 Å². The number of carbonyl (C=O) groups is 1. The van der Waals surface area contributed by atoms with Gasteiger partial charge < -0.3 is 5.11 Å². The highest BCUT2D eigenvalue weighted by molar-refractivity contribution is 6.33. The van der Waals surface area contributed by atoms with Crippen molar-refractivity contribution in [1.82, 2.24) is 4.98 Å². The van der Waals surface area contributed by atoms with Crippen LogP contribution in [-0.4, -0.2) is 16.1 Å². The smallest absolute Gasteiger partial charge is 0.338 e. The number of aromatic nitrogens is 1. The number of pyridine rings is 1. The average molecular weight is 258 g/mol. The first kappa shape index (κ1) is 11.0. The second-order valence-corrected chi connectivity index (χ2v) is 4.35. The quantitative estimate of drug-likeness (QED) is 0.534. The van der Waals surface area contributed by atoms with Gasteiger partial charge in [-0.2, -0.15) is 0 Å². The second kappa shape index (κ2) is 3.96. The maximum atomic E-state index is 11.0. The molecule has 0 aliphatic carbocycles. The molecule has 0 aliphatic heterocycles. The van der Waals surface area contributed by atoms with Crippen LogP contribution in [0.3, 0.4) is 0 Å². The van der Waals surface area contributed by atoms with Gasteiger partial charge in [0.2, 0.25) is 0 Å². The van der Waals surface area contributed by atoms with Gasteiger partial charge in [-0.1, -0.05) is 48.0 Å². The van der Waals surface area contributed by atoms with Crippen molar-refractivity contribution < 1.29 is 9.90 Å². The molecule has 18 heavy (non-hydrogen) atoms. The van der Waals surface area contributed by atoms with Gasteiger partial charge in [-0.3, -0.25) is 0 Å². The number of rotatable bonds is 1. The van der Waals surface area contributed by atoms with E-state index in [4.69, 9.17) is 16.7 Å². The Kier molecular flexibility index (Phi) is 2.42. The summed E-state index contributed by atoms with van der Waals surface area (Å²) in [5, 5.41) is 11.8. The normalized spacial score (nSPS) is 10.9. The van der Waals surface area contributed by atoms with Crippen molar-refractivity contribution in [3.63, 3.8) is 0 Å². The standard InChI is InChI=1S/C14H8ClNO2/c15-13-11(14(17)18)7-9-6-5-8-3-1-2-4-10(8)12(9)16-13/h1-7H,(H,17,18). The molecule has 0 radical (unpaired) electrons. The Morgan fingerprint density at radius 2 is 1.83 bits per heavy atom. The molecule has 88 valence electrons. The number of hydrogen-bond donors (Lipinski definition) is 1. The monoisotopic (exact) mass is 257 g/mol. The zero-order valence-corrected chi connectivity index (χ0v) is 9.98. The van der Waals surface area contributed by atoms with E-state index in [-0.39, 0.29) is 10.7 Å². The molecule has 0 saturated carbocycles. The van der Waals surface area contributed by atoms with Gasteiger partial charge in [0, 0.05) is 10.8 Å². The Morgan fingerprint density at radius 3 is 2.61 bits per heavy atom. The minimum absolute atomic E-state index is 0.0198. The van der Waals surface area contributed by atoms with Crippen molar-refractivity contribution in [1.29, 1.82) is 0 Å². The van der Waals surface area contributed by atoms with E-state index in [2.05, 4.69) is 4.98 Å². The number of carboxylic acid groups (broad SMARTS) is 1. The Hall–Kier alpha value is -2.13. The van der Waals surface area contributed by atoms with E-state index in [1.807, 2.05) is 36.4 Å². The minimum Gasteiger partial charge on any atom is -0.478 e. The van der Waals surface area contributed by atoms with Gasteiger partial charge in [0.1, 0.15) is 5.15 Å².